The van der Waals surface area contributed by atoms with Crippen LogP contribution in [0.5, 0.6) is 0 Å². The van der Waals surface area contributed by atoms with Crippen molar-refractivity contribution in [3.63, 3.8) is 0 Å². The molecule has 7 nitrogen and oxygen atoms in total. The van der Waals surface area contributed by atoms with Crippen molar-refractivity contribution in [2.24, 2.45) is 0 Å². The first kappa shape index (κ1) is 16.5. The van der Waals surface area contributed by atoms with E-state index in [0.29, 0.717) is 19.0 Å². The Morgan fingerprint density at radius 3 is 2.87 bits per heavy atom. The summed E-state index contributed by atoms with van der Waals surface area (Å²) >= 11 is 0. The molecule has 9 heteroatoms. The molecule has 2 saturated heterocycles. The minimum atomic E-state index is -3.21. The van der Waals surface area contributed by atoms with Crippen LogP contribution in [-0.2, 0) is 14.8 Å². The maximum atomic E-state index is 12.9. The molecule has 2 aliphatic heterocycles. The second kappa shape index (κ2) is 6.29. The Morgan fingerprint density at radius 2 is 2.17 bits per heavy atom. The fourth-order valence-electron chi connectivity index (χ4n) is 3.30. The zero-order valence-corrected chi connectivity index (χ0v) is 13.9. The van der Waals surface area contributed by atoms with E-state index in [1.54, 1.807) is 0 Å². The van der Waals surface area contributed by atoms with Crippen LogP contribution in [0, 0.1) is 5.82 Å². The van der Waals surface area contributed by atoms with E-state index < -0.39 is 15.8 Å². The third-order valence-electron chi connectivity index (χ3n) is 4.35. The van der Waals surface area contributed by atoms with Crippen LogP contribution in [0.25, 0.3) is 0 Å². The zero-order valence-electron chi connectivity index (χ0n) is 13.0. The summed E-state index contributed by atoms with van der Waals surface area (Å²) < 4.78 is 44.1. The van der Waals surface area contributed by atoms with Crippen molar-refractivity contribution in [1.29, 1.82) is 0 Å². The summed E-state index contributed by atoms with van der Waals surface area (Å²) in [4.78, 5) is 10.0. The number of rotatable bonds is 4. The smallest absolute Gasteiger partial charge is 0.225 e. The standard InChI is InChI=1S/C14H21FN4O3S/c1-23(20,21)18-9-12-3-2-4-14(22-12)5-6-19(10-14)13-16-7-11(15)8-17-13/h7-8,12,18H,2-6,9-10H2,1H3/t12-,14-/m1/s1. The highest BCUT2D eigenvalue weighted by atomic mass is 32.2. The molecule has 0 aliphatic carbocycles. The lowest BCUT2D eigenvalue weighted by Gasteiger charge is -2.38. The molecule has 128 valence electrons. The molecule has 1 aromatic heterocycles. The Bertz CT molecular complexity index is 654. The Kier molecular flexibility index (Phi) is 4.52. The fourth-order valence-corrected chi connectivity index (χ4v) is 3.78. The van der Waals surface area contributed by atoms with Crippen LogP contribution in [0.2, 0.25) is 0 Å². The van der Waals surface area contributed by atoms with E-state index in [0.717, 1.165) is 50.9 Å². The Labute approximate surface area is 135 Å². The molecule has 23 heavy (non-hydrogen) atoms. The second-order valence-electron chi connectivity index (χ2n) is 6.31. The van der Waals surface area contributed by atoms with Crippen LogP contribution >= 0.6 is 0 Å². The van der Waals surface area contributed by atoms with Crippen molar-refractivity contribution < 1.29 is 17.5 Å². The summed E-state index contributed by atoms with van der Waals surface area (Å²) in [6, 6.07) is 0. The van der Waals surface area contributed by atoms with Gasteiger partial charge in [-0.1, -0.05) is 0 Å². The molecular formula is C14H21FN4O3S. The van der Waals surface area contributed by atoms with Gasteiger partial charge in [0.1, 0.15) is 0 Å². The van der Waals surface area contributed by atoms with Gasteiger partial charge in [-0.25, -0.2) is 27.5 Å². The molecule has 2 aliphatic rings. The maximum Gasteiger partial charge on any atom is 0.225 e. The first-order valence-corrected chi connectivity index (χ1v) is 9.59. The molecule has 1 aromatic rings. The summed E-state index contributed by atoms with van der Waals surface area (Å²) in [6.45, 7) is 1.69. The van der Waals surface area contributed by atoms with E-state index in [2.05, 4.69) is 14.7 Å². The lowest BCUT2D eigenvalue weighted by Crippen LogP contribution is -2.46. The lowest BCUT2D eigenvalue weighted by atomic mass is 9.90. The van der Waals surface area contributed by atoms with E-state index in [9.17, 15) is 12.8 Å². The highest BCUT2D eigenvalue weighted by Gasteiger charge is 2.43. The van der Waals surface area contributed by atoms with E-state index >= 15 is 0 Å². The summed E-state index contributed by atoms with van der Waals surface area (Å²) in [5.74, 6) is 0.0479. The van der Waals surface area contributed by atoms with Crippen molar-refractivity contribution in [1.82, 2.24) is 14.7 Å². The average molecular weight is 344 g/mol. The van der Waals surface area contributed by atoms with E-state index in [1.165, 1.54) is 0 Å². The molecule has 2 fully saturated rings. The van der Waals surface area contributed by atoms with Gasteiger partial charge < -0.3 is 9.64 Å². The molecule has 0 bridgehead atoms. The molecule has 0 saturated carbocycles. The molecule has 2 atom stereocenters. The van der Waals surface area contributed by atoms with E-state index in [-0.39, 0.29) is 11.7 Å². The number of ether oxygens (including phenoxy) is 1. The number of halogens is 1. The number of hydrogen-bond acceptors (Lipinski definition) is 6. The van der Waals surface area contributed by atoms with Crippen LogP contribution in [0.3, 0.4) is 0 Å². The monoisotopic (exact) mass is 344 g/mol. The average Bonchev–Trinajstić information content (AvgIpc) is 2.89. The molecule has 3 rings (SSSR count). The van der Waals surface area contributed by atoms with Crippen LogP contribution in [-0.4, -0.2) is 56.0 Å². The number of sulfonamides is 1. The number of hydrogen-bond donors (Lipinski definition) is 1. The summed E-state index contributed by atoms with van der Waals surface area (Å²) in [5, 5.41) is 0. The molecule has 3 heterocycles. The fraction of sp³-hybridized carbons (Fsp3) is 0.714. The van der Waals surface area contributed by atoms with Gasteiger partial charge in [0.25, 0.3) is 0 Å². The van der Waals surface area contributed by atoms with Gasteiger partial charge in [0.05, 0.1) is 30.4 Å². The van der Waals surface area contributed by atoms with Gasteiger partial charge in [0.15, 0.2) is 5.82 Å². The second-order valence-corrected chi connectivity index (χ2v) is 8.14. The third-order valence-corrected chi connectivity index (χ3v) is 5.05. The minimum Gasteiger partial charge on any atom is -0.368 e. The van der Waals surface area contributed by atoms with Gasteiger partial charge in [0.2, 0.25) is 16.0 Å². The van der Waals surface area contributed by atoms with Crippen LogP contribution < -0.4 is 9.62 Å². The molecule has 0 amide bonds. The number of nitrogens with zero attached hydrogens (tertiary/aromatic N) is 3. The molecule has 0 unspecified atom stereocenters. The van der Waals surface area contributed by atoms with Crippen molar-refractivity contribution in [3.05, 3.63) is 18.2 Å². The molecule has 0 aromatic carbocycles. The quantitative estimate of drug-likeness (QED) is 0.865. The Hall–Kier alpha value is -1.32. The predicted molar refractivity (Wildman–Crippen MR) is 83.1 cm³/mol. The minimum absolute atomic E-state index is 0.118. The first-order chi connectivity index (χ1) is 10.9. The van der Waals surface area contributed by atoms with Crippen LogP contribution in [0.1, 0.15) is 25.7 Å². The van der Waals surface area contributed by atoms with Crippen LogP contribution in [0.4, 0.5) is 10.3 Å². The van der Waals surface area contributed by atoms with Crippen molar-refractivity contribution >= 4 is 16.0 Å². The summed E-state index contributed by atoms with van der Waals surface area (Å²) in [7, 11) is -3.21. The van der Waals surface area contributed by atoms with Gasteiger partial charge >= 0.3 is 0 Å². The number of anilines is 1. The summed E-state index contributed by atoms with van der Waals surface area (Å²) in [6.07, 6.45) is 6.96. The molecular weight excluding hydrogens is 323 g/mol. The number of nitrogens with one attached hydrogen (secondary N) is 1. The topological polar surface area (TPSA) is 84.4 Å². The Morgan fingerprint density at radius 1 is 1.43 bits per heavy atom. The SMILES string of the molecule is CS(=O)(=O)NC[C@H]1CCC[C@]2(CCN(c3ncc(F)cn3)C2)O1. The van der Waals surface area contributed by atoms with Gasteiger partial charge in [-0.3, -0.25) is 0 Å². The van der Waals surface area contributed by atoms with Gasteiger partial charge in [-0.2, -0.15) is 0 Å². The highest BCUT2D eigenvalue weighted by Crippen LogP contribution is 2.37. The largest absolute Gasteiger partial charge is 0.368 e. The zero-order chi connectivity index (χ0) is 16.5. The van der Waals surface area contributed by atoms with Crippen molar-refractivity contribution in [2.75, 3.05) is 30.8 Å². The van der Waals surface area contributed by atoms with E-state index in [1.807, 2.05) is 4.90 Å². The van der Waals surface area contributed by atoms with Crippen molar-refractivity contribution in [3.8, 4) is 0 Å². The van der Waals surface area contributed by atoms with Gasteiger partial charge in [-0.05, 0) is 25.7 Å². The first-order valence-electron chi connectivity index (χ1n) is 7.70. The highest BCUT2D eigenvalue weighted by molar-refractivity contribution is 7.88. The lowest BCUT2D eigenvalue weighted by molar-refractivity contribution is -0.112. The van der Waals surface area contributed by atoms with Crippen molar-refractivity contribution in [2.45, 2.75) is 37.4 Å². The Balaban J connectivity index is 1.62. The number of aromatic nitrogens is 2. The normalized spacial score (nSPS) is 28.4. The summed E-state index contributed by atoms with van der Waals surface area (Å²) in [5.41, 5.74) is -0.292. The van der Waals surface area contributed by atoms with E-state index in [4.69, 9.17) is 4.74 Å². The van der Waals surface area contributed by atoms with Gasteiger partial charge in [0, 0.05) is 19.6 Å². The van der Waals surface area contributed by atoms with Gasteiger partial charge in [-0.15, -0.1) is 0 Å². The third kappa shape index (κ3) is 4.15. The predicted octanol–water partition coefficient (Wildman–Crippen LogP) is 0.683. The molecule has 0 radical (unpaired) electrons. The van der Waals surface area contributed by atoms with Crippen LogP contribution in [0.15, 0.2) is 12.4 Å². The molecule has 1 spiro atoms. The maximum absolute atomic E-state index is 12.9. The molecule has 1 N–H and O–H groups in total.